The largest absolute Gasteiger partial charge is 0.312 e. The Morgan fingerprint density at radius 1 is 1.07 bits per heavy atom. The van der Waals surface area contributed by atoms with Crippen LogP contribution in [-0.4, -0.2) is 28.2 Å². The van der Waals surface area contributed by atoms with Gasteiger partial charge in [0.25, 0.3) is 0 Å². The highest BCUT2D eigenvalue weighted by Crippen LogP contribution is 2.48. The van der Waals surface area contributed by atoms with E-state index in [9.17, 15) is 0 Å². The zero-order valence-electron chi connectivity index (χ0n) is 10.2. The highest BCUT2D eigenvalue weighted by Gasteiger charge is 2.40. The van der Waals surface area contributed by atoms with E-state index < -0.39 is 0 Å². The molecule has 0 aromatic carbocycles. The molecule has 2 rings (SSSR count). The lowest BCUT2D eigenvalue weighted by molar-refractivity contribution is 0.664. The Labute approximate surface area is 98.2 Å². The molecule has 2 heterocycles. The minimum Gasteiger partial charge on any atom is -0.312 e. The van der Waals surface area contributed by atoms with Crippen LogP contribution in [-0.2, 0) is 0 Å². The first kappa shape index (κ1) is 14.7. The van der Waals surface area contributed by atoms with E-state index in [4.69, 9.17) is 0 Å². The molecule has 2 fully saturated rings. The third-order valence-electron chi connectivity index (χ3n) is 2.15. The molecule has 86 valence electrons. The molecule has 0 saturated carbocycles. The van der Waals surface area contributed by atoms with Crippen molar-refractivity contribution in [2.45, 2.75) is 51.2 Å². The Kier molecular flexibility index (Phi) is 8.26. The molecule has 1 unspecified atom stereocenters. The number of hydrogen-bond acceptors (Lipinski definition) is 3. The summed E-state index contributed by atoms with van der Waals surface area (Å²) in [6, 6.07) is 0.748. The summed E-state index contributed by atoms with van der Waals surface area (Å²) in [5.74, 6) is 2.72. The summed E-state index contributed by atoms with van der Waals surface area (Å²) in [6.07, 6.45) is 1.36. The zero-order chi connectivity index (χ0) is 11.0. The minimum atomic E-state index is 0.583. The van der Waals surface area contributed by atoms with Crippen LogP contribution in [0.4, 0.5) is 0 Å². The molecule has 0 radical (unpaired) electrons. The maximum atomic E-state index is 3.51. The fraction of sp³-hybridized carbons (Fsp3) is 1.00. The Balaban J connectivity index is 0.000000379. The Morgan fingerprint density at radius 2 is 1.57 bits per heavy atom. The first-order valence-electron chi connectivity index (χ1n) is 5.82. The SMILES string of the molecule is CC.CC.CC1CC2(CN1)SCCS2. The molecule has 1 atom stereocenters. The lowest BCUT2D eigenvalue weighted by Gasteiger charge is -2.18. The van der Waals surface area contributed by atoms with Crippen LogP contribution in [0.25, 0.3) is 0 Å². The highest BCUT2D eigenvalue weighted by molar-refractivity contribution is 8.21. The molecule has 2 saturated heterocycles. The van der Waals surface area contributed by atoms with E-state index >= 15 is 0 Å². The van der Waals surface area contributed by atoms with Crippen LogP contribution in [0, 0.1) is 0 Å². The summed E-state index contributed by atoms with van der Waals surface area (Å²) in [6.45, 7) is 11.5. The smallest absolute Gasteiger partial charge is 0.0750 e. The maximum Gasteiger partial charge on any atom is 0.0750 e. The number of nitrogens with one attached hydrogen (secondary N) is 1. The van der Waals surface area contributed by atoms with Gasteiger partial charge in [0, 0.05) is 24.1 Å². The van der Waals surface area contributed by atoms with Gasteiger partial charge in [0.2, 0.25) is 0 Å². The van der Waals surface area contributed by atoms with Crippen LogP contribution in [0.3, 0.4) is 0 Å². The van der Waals surface area contributed by atoms with Crippen molar-refractivity contribution in [3.05, 3.63) is 0 Å². The molecule has 0 aromatic rings. The van der Waals surface area contributed by atoms with Crippen molar-refractivity contribution in [3.8, 4) is 0 Å². The summed E-state index contributed by atoms with van der Waals surface area (Å²) in [7, 11) is 0. The number of hydrogen-bond donors (Lipinski definition) is 1. The molecule has 0 aromatic heterocycles. The second-order valence-corrected chi connectivity index (χ2v) is 6.31. The van der Waals surface area contributed by atoms with Crippen molar-refractivity contribution in [3.63, 3.8) is 0 Å². The first-order valence-corrected chi connectivity index (χ1v) is 7.79. The van der Waals surface area contributed by atoms with Gasteiger partial charge in [0.1, 0.15) is 0 Å². The Morgan fingerprint density at radius 3 is 1.93 bits per heavy atom. The van der Waals surface area contributed by atoms with Gasteiger partial charge in [0.15, 0.2) is 0 Å². The van der Waals surface area contributed by atoms with Crippen molar-refractivity contribution < 1.29 is 0 Å². The van der Waals surface area contributed by atoms with Crippen LogP contribution < -0.4 is 5.32 Å². The standard InChI is InChI=1S/C7H13NS2.2C2H6/c1-6-4-7(5-8-6)9-2-3-10-7;2*1-2/h6,8H,2-5H2,1H3;2*1-2H3. The van der Waals surface area contributed by atoms with Gasteiger partial charge in [-0.1, -0.05) is 27.7 Å². The normalized spacial score (nSPS) is 27.6. The quantitative estimate of drug-likeness (QED) is 0.689. The molecule has 14 heavy (non-hydrogen) atoms. The van der Waals surface area contributed by atoms with Crippen molar-refractivity contribution >= 4 is 23.5 Å². The lowest BCUT2D eigenvalue weighted by Crippen LogP contribution is -2.21. The van der Waals surface area contributed by atoms with Crippen molar-refractivity contribution in [1.29, 1.82) is 0 Å². The minimum absolute atomic E-state index is 0.583. The predicted molar refractivity (Wildman–Crippen MR) is 72.4 cm³/mol. The van der Waals surface area contributed by atoms with Gasteiger partial charge in [-0.2, -0.15) is 0 Å². The average Bonchev–Trinajstić information content (AvgIpc) is 2.84. The molecule has 1 nitrogen and oxygen atoms in total. The first-order chi connectivity index (χ1) is 6.81. The molecular weight excluding hydrogens is 210 g/mol. The van der Waals surface area contributed by atoms with Crippen LogP contribution in [0.1, 0.15) is 41.0 Å². The Hall–Kier alpha value is 0.660. The summed E-state index contributed by atoms with van der Waals surface area (Å²) >= 11 is 4.31. The van der Waals surface area contributed by atoms with E-state index in [0.29, 0.717) is 4.08 Å². The summed E-state index contributed by atoms with van der Waals surface area (Å²) in [5, 5.41) is 3.51. The maximum absolute atomic E-state index is 3.51. The third kappa shape index (κ3) is 4.03. The van der Waals surface area contributed by atoms with Gasteiger partial charge in [0.05, 0.1) is 4.08 Å². The summed E-state index contributed by atoms with van der Waals surface area (Å²) in [5.41, 5.74) is 0. The van der Waals surface area contributed by atoms with Crippen LogP contribution >= 0.6 is 23.5 Å². The molecular formula is C11H25NS2. The molecule has 1 spiro atoms. The summed E-state index contributed by atoms with van der Waals surface area (Å²) < 4.78 is 0.583. The third-order valence-corrected chi connectivity index (χ3v) is 5.61. The number of rotatable bonds is 0. The zero-order valence-corrected chi connectivity index (χ0v) is 11.9. The molecule has 2 aliphatic rings. The Bertz CT molecular complexity index is 133. The molecule has 0 bridgehead atoms. The van der Waals surface area contributed by atoms with E-state index in [1.807, 2.05) is 27.7 Å². The van der Waals surface area contributed by atoms with E-state index in [0.717, 1.165) is 6.04 Å². The van der Waals surface area contributed by atoms with Crippen LogP contribution in [0.15, 0.2) is 0 Å². The van der Waals surface area contributed by atoms with Gasteiger partial charge in [-0.15, -0.1) is 23.5 Å². The van der Waals surface area contributed by atoms with Crippen molar-refractivity contribution in [2.24, 2.45) is 0 Å². The second-order valence-electron chi connectivity index (χ2n) is 3.09. The van der Waals surface area contributed by atoms with E-state index in [2.05, 4.69) is 35.8 Å². The molecule has 3 heteroatoms. The number of thioether (sulfide) groups is 2. The molecule has 0 aliphatic carbocycles. The van der Waals surface area contributed by atoms with Gasteiger partial charge in [-0.25, -0.2) is 0 Å². The second kappa shape index (κ2) is 7.89. The van der Waals surface area contributed by atoms with Gasteiger partial charge in [-0.05, 0) is 13.3 Å². The van der Waals surface area contributed by atoms with E-state index in [-0.39, 0.29) is 0 Å². The molecule has 0 amide bonds. The molecule has 1 N–H and O–H groups in total. The van der Waals surface area contributed by atoms with Crippen LogP contribution in [0.2, 0.25) is 0 Å². The fourth-order valence-corrected chi connectivity index (χ4v) is 5.01. The van der Waals surface area contributed by atoms with Gasteiger partial charge >= 0.3 is 0 Å². The fourth-order valence-electron chi connectivity index (χ4n) is 1.66. The van der Waals surface area contributed by atoms with Crippen LogP contribution in [0.5, 0.6) is 0 Å². The topological polar surface area (TPSA) is 12.0 Å². The van der Waals surface area contributed by atoms with E-state index in [1.54, 1.807) is 0 Å². The van der Waals surface area contributed by atoms with Crippen molar-refractivity contribution in [1.82, 2.24) is 5.32 Å². The van der Waals surface area contributed by atoms with Gasteiger partial charge < -0.3 is 5.32 Å². The predicted octanol–water partition coefficient (Wildman–Crippen LogP) is 3.60. The highest BCUT2D eigenvalue weighted by atomic mass is 32.2. The van der Waals surface area contributed by atoms with Crippen molar-refractivity contribution in [2.75, 3.05) is 18.1 Å². The molecule has 2 aliphatic heterocycles. The summed E-state index contributed by atoms with van der Waals surface area (Å²) in [4.78, 5) is 0. The van der Waals surface area contributed by atoms with Gasteiger partial charge in [-0.3, -0.25) is 0 Å². The average molecular weight is 235 g/mol. The van der Waals surface area contributed by atoms with E-state index in [1.165, 1.54) is 24.5 Å². The lowest BCUT2D eigenvalue weighted by atomic mass is 10.2. The monoisotopic (exact) mass is 235 g/mol.